The second kappa shape index (κ2) is 7.38. The van der Waals surface area contributed by atoms with Gasteiger partial charge in [-0.25, -0.2) is 14.8 Å². The van der Waals surface area contributed by atoms with Crippen LogP contribution in [0.25, 0.3) is 0 Å². The number of hydrogen-bond acceptors (Lipinski definition) is 4. The number of carbonyl (C=O) groups excluding carboxylic acids is 1. The minimum absolute atomic E-state index is 0.235. The number of halogens is 2. The summed E-state index contributed by atoms with van der Waals surface area (Å²) in [7, 11) is 0. The molecule has 0 fully saturated rings. The van der Waals surface area contributed by atoms with Crippen molar-refractivity contribution in [2.75, 3.05) is 6.61 Å². The maximum Gasteiger partial charge on any atom is 0.356 e. The topological polar surface area (TPSA) is 51.5 Å². The summed E-state index contributed by atoms with van der Waals surface area (Å²) in [5.74, 6) is -0.465. The number of nitrogens with zero attached hydrogens (tertiary/aromatic N) is 2. The zero-order valence-electron chi connectivity index (χ0n) is 12.1. The number of aromatic nitrogens is 1. The molecular formula is C16H14Cl2N2O2. The highest BCUT2D eigenvalue weighted by Gasteiger charge is 2.11. The van der Waals surface area contributed by atoms with Crippen LogP contribution in [0.5, 0.6) is 0 Å². The van der Waals surface area contributed by atoms with Crippen LogP contribution < -0.4 is 0 Å². The summed E-state index contributed by atoms with van der Waals surface area (Å²) in [6.45, 7) is 3.82. The van der Waals surface area contributed by atoms with Crippen LogP contribution in [-0.4, -0.2) is 23.3 Å². The third-order valence-corrected chi connectivity index (χ3v) is 3.43. The lowest BCUT2D eigenvalue weighted by Crippen LogP contribution is -2.09. The van der Waals surface area contributed by atoms with Gasteiger partial charge < -0.3 is 4.74 Å². The fourth-order valence-corrected chi connectivity index (χ4v) is 2.26. The van der Waals surface area contributed by atoms with E-state index in [0.29, 0.717) is 33.7 Å². The first-order chi connectivity index (χ1) is 10.5. The number of para-hydroxylation sites is 1. The molecule has 1 aromatic heterocycles. The number of ether oxygens (including phenoxy) is 1. The molecule has 114 valence electrons. The maximum atomic E-state index is 11.7. The molecule has 0 radical (unpaired) electrons. The van der Waals surface area contributed by atoms with E-state index in [2.05, 4.69) is 9.98 Å². The molecule has 1 aromatic carbocycles. The van der Waals surface area contributed by atoms with Crippen LogP contribution in [0.15, 0.2) is 41.4 Å². The fraction of sp³-hybridized carbons (Fsp3) is 0.188. The van der Waals surface area contributed by atoms with Gasteiger partial charge in [-0.2, -0.15) is 0 Å². The lowest BCUT2D eigenvalue weighted by Gasteiger charge is -2.06. The van der Waals surface area contributed by atoms with Crippen LogP contribution in [0.2, 0.25) is 10.0 Å². The van der Waals surface area contributed by atoms with Gasteiger partial charge >= 0.3 is 5.97 Å². The standard InChI is InChI=1S/C16H14Cl2N2O2/c1-3-22-16(21)14-9-5-8-13(20-14)10(2)19-15-11(17)6-4-7-12(15)18/h4-9H,3H2,1-2H3. The van der Waals surface area contributed by atoms with Gasteiger partial charge in [0.05, 0.1) is 28.1 Å². The smallest absolute Gasteiger partial charge is 0.356 e. The highest BCUT2D eigenvalue weighted by atomic mass is 35.5. The molecular weight excluding hydrogens is 323 g/mol. The zero-order valence-corrected chi connectivity index (χ0v) is 13.6. The molecule has 0 amide bonds. The molecule has 2 rings (SSSR count). The Balaban J connectivity index is 2.37. The van der Waals surface area contributed by atoms with Crippen molar-refractivity contribution in [2.24, 2.45) is 4.99 Å². The van der Waals surface area contributed by atoms with Gasteiger partial charge in [-0.1, -0.05) is 35.3 Å². The Bertz CT molecular complexity index is 710. The second-order valence-corrected chi connectivity index (χ2v) is 5.21. The summed E-state index contributed by atoms with van der Waals surface area (Å²) >= 11 is 12.2. The third-order valence-electron chi connectivity index (χ3n) is 2.82. The van der Waals surface area contributed by atoms with E-state index in [1.165, 1.54) is 0 Å². The van der Waals surface area contributed by atoms with E-state index in [-0.39, 0.29) is 5.69 Å². The molecule has 0 aliphatic carbocycles. The van der Waals surface area contributed by atoms with Gasteiger partial charge in [0.2, 0.25) is 0 Å². The van der Waals surface area contributed by atoms with E-state index in [4.69, 9.17) is 27.9 Å². The third kappa shape index (κ3) is 3.84. The predicted octanol–water partition coefficient (Wildman–Crippen LogP) is 4.71. The second-order valence-electron chi connectivity index (χ2n) is 4.40. The Morgan fingerprint density at radius 3 is 2.36 bits per heavy atom. The highest BCUT2D eigenvalue weighted by Crippen LogP contribution is 2.33. The SMILES string of the molecule is CCOC(=O)c1cccc(C(C)=Nc2c(Cl)cccc2Cl)n1. The van der Waals surface area contributed by atoms with Gasteiger partial charge in [0.1, 0.15) is 11.4 Å². The number of pyridine rings is 1. The van der Waals surface area contributed by atoms with Crippen molar-refractivity contribution in [3.63, 3.8) is 0 Å². The van der Waals surface area contributed by atoms with Gasteiger partial charge in [0.15, 0.2) is 0 Å². The van der Waals surface area contributed by atoms with Gasteiger partial charge in [0.25, 0.3) is 0 Å². The largest absolute Gasteiger partial charge is 0.461 e. The van der Waals surface area contributed by atoms with Crippen molar-refractivity contribution in [3.8, 4) is 0 Å². The average Bonchev–Trinajstić information content (AvgIpc) is 2.51. The van der Waals surface area contributed by atoms with E-state index >= 15 is 0 Å². The molecule has 0 aliphatic heterocycles. The monoisotopic (exact) mass is 336 g/mol. The van der Waals surface area contributed by atoms with Crippen molar-refractivity contribution >= 4 is 40.6 Å². The van der Waals surface area contributed by atoms with E-state index in [1.54, 1.807) is 50.2 Å². The van der Waals surface area contributed by atoms with Crippen LogP contribution in [0.3, 0.4) is 0 Å². The highest BCUT2D eigenvalue weighted by molar-refractivity contribution is 6.39. The van der Waals surface area contributed by atoms with Gasteiger partial charge in [-0.15, -0.1) is 0 Å². The quantitative estimate of drug-likeness (QED) is 0.600. The molecule has 0 aliphatic rings. The summed E-state index contributed by atoms with van der Waals surface area (Å²) in [5, 5.41) is 0.904. The molecule has 0 N–H and O–H groups in total. The average molecular weight is 337 g/mol. The van der Waals surface area contributed by atoms with E-state index < -0.39 is 5.97 Å². The van der Waals surface area contributed by atoms with Crippen LogP contribution >= 0.6 is 23.2 Å². The van der Waals surface area contributed by atoms with Crippen molar-refractivity contribution in [2.45, 2.75) is 13.8 Å². The van der Waals surface area contributed by atoms with Crippen LogP contribution in [0.1, 0.15) is 30.0 Å². The molecule has 0 bridgehead atoms. The first-order valence-corrected chi connectivity index (χ1v) is 7.42. The molecule has 1 heterocycles. The first-order valence-electron chi connectivity index (χ1n) is 6.66. The molecule has 6 heteroatoms. The number of hydrogen-bond donors (Lipinski definition) is 0. The normalized spacial score (nSPS) is 11.4. The molecule has 0 saturated heterocycles. The van der Waals surface area contributed by atoms with Gasteiger partial charge in [0, 0.05) is 0 Å². The van der Waals surface area contributed by atoms with Crippen molar-refractivity contribution < 1.29 is 9.53 Å². The Morgan fingerprint density at radius 2 is 1.73 bits per heavy atom. The summed E-state index contributed by atoms with van der Waals surface area (Å²) in [4.78, 5) is 20.4. The maximum absolute atomic E-state index is 11.7. The summed E-state index contributed by atoms with van der Waals surface area (Å²) < 4.78 is 4.94. The number of esters is 1. The Kier molecular flexibility index (Phi) is 5.52. The number of carbonyl (C=O) groups is 1. The minimum Gasteiger partial charge on any atom is -0.461 e. The molecule has 4 nitrogen and oxygen atoms in total. The summed E-state index contributed by atoms with van der Waals surface area (Å²) in [6.07, 6.45) is 0. The summed E-state index contributed by atoms with van der Waals surface area (Å²) in [6, 6.07) is 10.2. The fourth-order valence-electron chi connectivity index (χ4n) is 1.78. The van der Waals surface area contributed by atoms with Gasteiger partial charge in [-0.05, 0) is 38.1 Å². The molecule has 0 spiro atoms. The number of benzene rings is 1. The lowest BCUT2D eigenvalue weighted by molar-refractivity contribution is 0.0519. The predicted molar refractivity (Wildman–Crippen MR) is 88.5 cm³/mol. The molecule has 0 atom stereocenters. The lowest BCUT2D eigenvalue weighted by atomic mass is 10.2. The zero-order chi connectivity index (χ0) is 16.1. The van der Waals surface area contributed by atoms with Crippen molar-refractivity contribution in [1.82, 2.24) is 4.98 Å². The Hall–Kier alpha value is -1.91. The molecule has 0 unspecified atom stereocenters. The molecule has 22 heavy (non-hydrogen) atoms. The Morgan fingerprint density at radius 1 is 1.14 bits per heavy atom. The molecule has 0 saturated carbocycles. The van der Waals surface area contributed by atoms with Crippen LogP contribution in [0, 0.1) is 0 Å². The molecule has 2 aromatic rings. The van der Waals surface area contributed by atoms with E-state index in [9.17, 15) is 4.79 Å². The van der Waals surface area contributed by atoms with Crippen molar-refractivity contribution in [3.05, 3.63) is 57.8 Å². The van der Waals surface area contributed by atoms with Crippen LogP contribution in [-0.2, 0) is 4.74 Å². The van der Waals surface area contributed by atoms with E-state index in [0.717, 1.165) is 0 Å². The van der Waals surface area contributed by atoms with Crippen LogP contribution in [0.4, 0.5) is 5.69 Å². The summed E-state index contributed by atoms with van der Waals surface area (Å²) in [5.41, 5.74) is 1.87. The number of rotatable bonds is 4. The Labute approximate surface area is 138 Å². The van der Waals surface area contributed by atoms with E-state index in [1.807, 2.05) is 0 Å². The van der Waals surface area contributed by atoms with Crippen molar-refractivity contribution in [1.29, 1.82) is 0 Å². The first kappa shape index (κ1) is 16.5. The minimum atomic E-state index is -0.465. The number of aliphatic imine (C=N–C) groups is 1. The van der Waals surface area contributed by atoms with Gasteiger partial charge in [-0.3, -0.25) is 0 Å².